The van der Waals surface area contributed by atoms with E-state index in [4.69, 9.17) is 0 Å². The van der Waals surface area contributed by atoms with Crippen molar-refractivity contribution in [2.45, 2.75) is 49.3 Å². The van der Waals surface area contributed by atoms with Gasteiger partial charge in [-0.05, 0) is 25.7 Å². The van der Waals surface area contributed by atoms with Crippen LogP contribution in [-0.4, -0.2) is 32.1 Å². The molecule has 0 aromatic carbocycles. The summed E-state index contributed by atoms with van der Waals surface area (Å²) in [5, 5.41) is 3.23. The molecule has 94 valence electrons. The first-order valence-corrected chi connectivity index (χ1v) is 6.61. The van der Waals surface area contributed by atoms with Crippen molar-refractivity contribution in [1.29, 1.82) is 0 Å². The van der Waals surface area contributed by atoms with Gasteiger partial charge in [-0.3, -0.25) is 0 Å². The van der Waals surface area contributed by atoms with Crippen LogP contribution in [0.3, 0.4) is 0 Å². The molecule has 2 atom stereocenters. The molecular formula is C8H13F3N2O2S. The Morgan fingerprint density at radius 1 is 1.12 bits per heavy atom. The number of piperidine rings is 1. The molecule has 0 aliphatic carbocycles. The Hall–Kier alpha value is -0.340. The standard InChI is InChI=1S/C8H13F3N2O2S/c9-8(10,11)16(14,15)13-7-3-5-1-2-6(4-7)12-5/h5-7,12-13H,1-4H2. The molecule has 4 nitrogen and oxygen atoms in total. The number of hydrogen-bond donors (Lipinski definition) is 2. The number of rotatable bonds is 2. The monoisotopic (exact) mass is 258 g/mol. The van der Waals surface area contributed by atoms with Crippen LogP contribution in [0, 0.1) is 0 Å². The zero-order chi connectivity index (χ0) is 12.0. The molecule has 2 aliphatic rings. The van der Waals surface area contributed by atoms with Gasteiger partial charge in [-0.2, -0.15) is 13.2 Å². The second kappa shape index (κ2) is 3.85. The summed E-state index contributed by atoms with van der Waals surface area (Å²) >= 11 is 0. The second-order valence-electron chi connectivity index (χ2n) is 4.37. The zero-order valence-corrected chi connectivity index (χ0v) is 9.24. The van der Waals surface area contributed by atoms with Gasteiger partial charge in [-0.15, -0.1) is 0 Å². The fourth-order valence-electron chi connectivity index (χ4n) is 2.44. The highest BCUT2D eigenvalue weighted by molar-refractivity contribution is 7.90. The summed E-state index contributed by atoms with van der Waals surface area (Å²) < 4.78 is 59.9. The number of nitrogens with one attached hydrogen (secondary N) is 2. The van der Waals surface area contributed by atoms with Crippen molar-refractivity contribution < 1.29 is 21.6 Å². The van der Waals surface area contributed by atoms with Crippen molar-refractivity contribution in [2.75, 3.05) is 0 Å². The highest BCUT2D eigenvalue weighted by Gasteiger charge is 2.48. The number of hydrogen-bond acceptors (Lipinski definition) is 3. The summed E-state index contributed by atoms with van der Waals surface area (Å²) in [5.41, 5.74) is -5.21. The molecule has 2 unspecified atom stereocenters. The lowest BCUT2D eigenvalue weighted by Gasteiger charge is -2.29. The summed E-state index contributed by atoms with van der Waals surface area (Å²) in [6, 6.07) is -0.287. The Morgan fingerprint density at radius 3 is 2.06 bits per heavy atom. The lowest BCUT2D eigenvalue weighted by atomic mass is 10.0. The average Bonchev–Trinajstić information content (AvgIpc) is 2.43. The Kier molecular flexibility index (Phi) is 2.92. The fourth-order valence-corrected chi connectivity index (χ4v) is 3.20. The van der Waals surface area contributed by atoms with Crippen molar-refractivity contribution >= 4 is 10.0 Å². The Balaban J connectivity index is 2.01. The van der Waals surface area contributed by atoms with E-state index < -0.39 is 21.6 Å². The highest BCUT2D eigenvalue weighted by Crippen LogP contribution is 2.29. The average molecular weight is 258 g/mol. The molecule has 2 N–H and O–H groups in total. The smallest absolute Gasteiger partial charge is 0.311 e. The predicted octanol–water partition coefficient (Wildman–Crippen LogP) is 0.709. The van der Waals surface area contributed by atoms with Crippen LogP contribution in [0.1, 0.15) is 25.7 Å². The van der Waals surface area contributed by atoms with Crippen molar-refractivity contribution in [3.8, 4) is 0 Å². The molecule has 2 bridgehead atoms. The Bertz CT molecular complexity index is 356. The van der Waals surface area contributed by atoms with E-state index in [9.17, 15) is 21.6 Å². The molecule has 2 saturated heterocycles. The molecule has 2 aliphatic heterocycles. The van der Waals surface area contributed by atoms with Crippen LogP contribution in [0.15, 0.2) is 0 Å². The summed E-state index contributed by atoms with van der Waals surface area (Å²) in [6.45, 7) is 0. The van der Waals surface area contributed by atoms with Crippen LogP contribution in [0.5, 0.6) is 0 Å². The lowest BCUT2D eigenvalue weighted by Crippen LogP contribution is -2.50. The second-order valence-corrected chi connectivity index (χ2v) is 6.08. The van der Waals surface area contributed by atoms with Crippen LogP contribution in [0.4, 0.5) is 13.2 Å². The fraction of sp³-hybridized carbons (Fsp3) is 1.00. The molecule has 0 aromatic heterocycles. The molecule has 2 heterocycles. The van der Waals surface area contributed by atoms with E-state index in [0.717, 1.165) is 12.8 Å². The summed E-state index contributed by atoms with van der Waals surface area (Å²) in [6.07, 6.45) is 2.70. The van der Waals surface area contributed by atoms with Gasteiger partial charge < -0.3 is 5.32 Å². The molecule has 0 saturated carbocycles. The maximum atomic E-state index is 12.1. The Morgan fingerprint density at radius 2 is 1.62 bits per heavy atom. The van der Waals surface area contributed by atoms with Crippen LogP contribution >= 0.6 is 0 Å². The first kappa shape index (κ1) is 12.1. The molecule has 16 heavy (non-hydrogen) atoms. The topological polar surface area (TPSA) is 58.2 Å². The van der Waals surface area contributed by atoms with Gasteiger partial charge in [0, 0.05) is 18.1 Å². The molecule has 0 spiro atoms. The predicted molar refractivity (Wildman–Crippen MR) is 51.1 cm³/mol. The first-order valence-electron chi connectivity index (χ1n) is 5.12. The molecule has 0 radical (unpaired) electrons. The minimum Gasteiger partial charge on any atom is -0.311 e. The van der Waals surface area contributed by atoms with Gasteiger partial charge in [-0.25, -0.2) is 13.1 Å². The number of sulfonamides is 1. The number of alkyl halides is 3. The van der Waals surface area contributed by atoms with Crippen molar-refractivity contribution in [3.05, 3.63) is 0 Å². The van der Waals surface area contributed by atoms with E-state index in [2.05, 4.69) is 5.32 Å². The van der Waals surface area contributed by atoms with Gasteiger partial charge in [0.1, 0.15) is 0 Å². The zero-order valence-electron chi connectivity index (χ0n) is 8.42. The highest BCUT2D eigenvalue weighted by atomic mass is 32.2. The molecule has 2 rings (SSSR count). The van der Waals surface area contributed by atoms with E-state index in [1.165, 1.54) is 0 Å². The quantitative estimate of drug-likeness (QED) is 0.767. The van der Waals surface area contributed by atoms with E-state index in [0.29, 0.717) is 12.8 Å². The van der Waals surface area contributed by atoms with E-state index >= 15 is 0 Å². The first-order chi connectivity index (χ1) is 7.28. The largest absolute Gasteiger partial charge is 0.511 e. The molecule has 8 heteroatoms. The summed E-state index contributed by atoms with van der Waals surface area (Å²) in [5.74, 6) is 0. The van der Waals surface area contributed by atoms with Gasteiger partial charge >= 0.3 is 15.5 Å². The van der Waals surface area contributed by atoms with Crippen LogP contribution in [0.25, 0.3) is 0 Å². The number of halogens is 3. The van der Waals surface area contributed by atoms with Crippen molar-refractivity contribution in [2.24, 2.45) is 0 Å². The Labute approximate surface area is 91.6 Å². The lowest BCUT2D eigenvalue weighted by molar-refractivity contribution is -0.0452. The number of fused-ring (bicyclic) bond motifs is 2. The van der Waals surface area contributed by atoms with Gasteiger partial charge in [0.05, 0.1) is 0 Å². The molecular weight excluding hydrogens is 245 g/mol. The van der Waals surface area contributed by atoms with Gasteiger partial charge in [-0.1, -0.05) is 0 Å². The third-order valence-electron chi connectivity index (χ3n) is 3.10. The van der Waals surface area contributed by atoms with Gasteiger partial charge in [0.15, 0.2) is 0 Å². The normalized spacial score (nSPS) is 35.3. The van der Waals surface area contributed by atoms with Crippen LogP contribution in [-0.2, 0) is 10.0 Å². The van der Waals surface area contributed by atoms with Gasteiger partial charge in [0.25, 0.3) is 0 Å². The van der Waals surface area contributed by atoms with E-state index in [1.807, 2.05) is 0 Å². The third kappa shape index (κ3) is 2.33. The summed E-state index contributed by atoms with van der Waals surface area (Å²) in [4.78, 5) is 0. The molecule has 0 aromatic rings. The van der Waals surface area contributed by atoms with Crippen LogP contribution < -0.4 is 10.0 Å². The minimum absolute atomic E-state index is 0.152. The van der Waals surface area contributed by atoms with E-state index in [-0.39, 0.29) is 12.1 Å². The maximum Gasteiger partial charge on any atom is 0.511 e. The van der Waals surface area contributed by atoms with Crippen molar-refractivity contribution in [1.82, 2.24) is 10.0 Å². The third-order valence-corrected chi connectivity index (χ3v) is 4.35. The van der Waals surface area contributed by atoms with Gasteiger partial charge in [0.2, 0.25) is 0 Å². The van der Waals surface area contributed by atoms with Crippen LogP contribution in [0.2, 0.25) is 0 Å². The van der Waals surface area contributed by atoms with E-state index in [1.54, 1.807) is 4.72 Å². The molecule has 2 fully saturated rings. The minimum atomic E-state index is -5.21. The molecule has 0 amide bonds. The summed E-state index contributed by atoms with van der Waals surface area (Å²) in [7, 11) is -5.19. The van der Waals surface area contributed by atoms with Crippen molar-refractivity contribution in [3.63, 3.8) is 0 Å². The maximum absolute atomic E-state index is 12.1. The SMILES string of the molecule is O=S(=O)(NC1CC2CCC(C1)N2)C(F)(F)F.